The molecule has 0 spiro atoms. The van der Waals surface area contributed by atoms with Crippen LogP contribution in [-0.2, 0) is 5.41 Å². The highest BCUT2D eigenvalue weighted by Gasteiger charge is 2.36. The van der Waals surface area contributed by atoms with Crippen molar-refractivity contribution in [2.24, 2.45) is 0 Å². The van der Waals surface area contributed by atoms with Crippen LogP contribution in [0.4, 0.5) is 0 Å². The van der Waals surface area contributed by atoms with Crippen molar-refractivity contribution in [2.45, 2.75) is 19.3 Å². The lowest BCUT2D eigenvalue weighted by Gasteiger charge is -2.21. The summed E-state index contributed by atoms with van der Waals surface area (Å²) in [4.78, 5) is 10.4. The number of benzene rings is 7. The molecule has 12 rings (SSSR count). The molecule has 0 aliphatic heterocycles. The zero-order chi connectivity index (χ0) is 39.2. The van der Waals surface area contributed by atoms with Crippen LogP contribution in [0.3, 0.4) is 0 Å². The summed E-state index contributed by atoms with van der Waals surface area (Å²) >= 11 is 0. The molecule has 59 heavy (non-hydrogen) atoms. The Kier molecular flexibility index (Phi) is 7.24. The number of aromatic nitrogens is 4. The van der Waals surface area contributed by atoms with Crippen molar-refractivity contribution >= 4 is 43.6 Å². The normalized spacial score (nSPS) is 13.1. The summed E-state index contributed by atoms with van der Waals surface area (Å²) in [5, 5.41) is 4.91. The van der Waals surface area contributed by atoms with Crippen LogP contribution in [0.15, 0.2) is 194 Å². The van der Waals surface area contributed by atoms with Gasteiger partial charge < -0.3 is 4.57 Å². The summed E-state index contributed by atoms with van der Waals surface area (Å²) in [6, 6.07) is 67.9. The molecule has 4 heterocycles. The van der Waals surface area contributed by atoms with Crippen LogP contribution in [-0.4, -0.2) is 19.1 Å². The minimum Gasteiger partial charge on any atom is -0.309 e. The Morgan fingerprint density at radius 3 is 1.92 bits per heavy atom. The summed E-state index contributed by atoms with van der Waals surface area (Å²) in [6.45, 7) is 4.60. The maximum absolute atomic E-state index is 5.35. The van der Waals surface area contributed by atoms with E-state index in [2.05, 4.69) is 211 Å². The standard InChI is InChI=1S/C55H38N4/c1-55(2)46-21-9-6-20-44(46)54-47(55)32-39(34-56-54)35-14-12-15-38(30-35)48-22-13-25-53(57-48)59-50-24-11-8-19-42(50)45-31-36(27-29-51(45)59)37-26-28-43-41-18-7-10-23-49(41)58(52(43)33-37)40-16-4-3-5-17-40/h3-34H,1-2H3. The second-order valence-electron chi connectivity index (χ2n) is 16.3. The van der Waals surface area contributed by atoms with E-state index in [1.807, 2.05) is 6.20 Å². The average molecular weight is 755 g/mol. The second kappa shape index (κ2) is 12.7. The highest BCUT2D eigenvalue weighted by atomic mass is 15.1. The third-order valence-corrected chi connectivity index (χ3v) is 12.6. The molecule has 0 atom stereocenters. The molecule has 0 unspecified atom stereocenters. The fourth-order valence-electron chi connectivity index (χ4n) is 9.66. The van der Waals surface area contributed by atoms with Crippen molar-refractivity contribution in [1.82, 2.24) is 19.1 Å². The first-order chi connectivity index (χ1) is 29.0. The van der Waals surface area contributed by atoms with Gasteiger partial charge in [0.25, 0.3) is 0 Å². The highest BCUT2D eigenvalue weighted by Crippen LogP contribution is 2.48. The molecule has 0 fully saturated rings. The van der Waals surface area contributed by atoms with Gasteiger partial charge in [0.05, 0.1) is 33.5 Å². The lowest BCUT2D eigenvalue weighted by atomic mass is 9.82. The number of nitrogens with zero attached hydrogens (tertiary/aromatic N) is 4. The van der Waals surface area contributed by atoms with E-state index < -0.39 is 0 Å². The summed E-state index contributed by atoms with van der Waals surface area (Å²) in [7, 11) is 0. The van der Waals surface area contributed by atoms with Crippen LogP contribution in [0.5, 0.6) is 0 Å². The van der Waals surface area contributed by atoms with Gasteiger partial charge in [0.15, 0.2) is 0 Å². The molecular formula is C55H38N4. The minimum absolute atomic E-state index is 0.108. The molecule has 11 aromatic rings. The third kappa shape index (κ3) is 5.09. The number of pyridine rings is 2. The molecule has 0 saturated carbocycles. The molecule has 1 aliphatic carbocycles. The fourth-order valence-corrected chi connectivity index (χ4v) is 9.66. The molecule has 4 nitrogen and oxygen atoms in total. The smallest absolute Gasteiger partial charge is 0.138 e. The summed E-state index contributed by atoms with van der Waals surface area (Å²) in [5.74, 6) is 0.888. The van der Waals surface area contributed by atoms with Gasteiger partial charge >= 0.3 is 0 Å². The van der Waals surface area contributed by atoms with Crippen LogP contribution < -0.4 is 0 Å². The van der Waals surface area contributed by atoms with Gasteiger partial charge in [-0.1, -0.05) is 135 Å². The average Bonchev–Trinajstić information content (AvgIpc) is 3.89. The number of hydrogen-bond acceptors (Lipinski definition) is 2. The molecule has 0 bridgehead atoms. The van der Waals surface area contributed by atoms with Gasteiger partial charge in [-0.3, -0.25) is 9.55 Å². The first-order valence-electron chi connectivity index (χ1n) is 20.3. The topological polar surface area (TPSA) is 35.6 Å². The fraction of sp³-hybridized carbons (Fsp3) is 0.0545. The van der Waals surface area contributed by atoms with Gasteiger partial charge in [-0.2, -0.15) is 0 Å². The highest BCUT2D eigenvalue weighted by molar-refractivity contribution is 6.12. The Bertz CT molecular complexity index is 3480. The van der Waals surface area contributed by atoms with Crippen molar-refractivity contribution < 1.29 is 0 Å². The molecule has 0 radical (unpaired) electrons. The molecule has 4 heteroatoms. The lowest BCUT2D eigenvalue weighted by Crippen LogP contribution is -2.15. The van der Waals surface area contributed by atoms with E-state index in [9.17, 15) is 0 Å². The van der Waals surface area contributed by atoms with Crippen LogP contribution in [0.1, 0.15) is 25.0 Å². The predicted octanol–water partition coefficient (Wildman–Crippen LogP) is 14.0. The first kappa shape index (κ1) is 33.6. The van der Waals surface area contributed by atoms with Crippen LogP contribution >= 0.6 is 0 Å². The van der Waals surface area contributed by atoms with Crippen molar-refractivity contribution in [3.8, 4) is 56.3 Å². The van der Waals surface area contributed by atoms with Crippen LogP contribution in [0, 0.1) is 0 Å². The summed E-state index contributed by atoms with van der Waals surface area (Å²) in [5.41, 5.74) is 17.2. The Labute approximate surface area is 342 Å². The van der Waals surface area contributed by atoms with E-state index in [0.717, 1.165) is 50.6 Å². The second-order valence-corrected chi connectivity index (χ2v) is 16.3. The Hall–Kier alpha value is -7.56. The molecule has 0 amide bonds. The monoisotopic (exact) mass is 754 g/mol. The van der Waals surface area contributed by atoms with Crippen molar-refractivity contribution in [3.63, 3.8) is 0 Å². The third-order valence-electron chi connectivity index (χ3n) is 12.6. The molecule has 0 N–H and O–H groups in total. The van der Waals surface area contributed by atoms with Crippen molar-refractivity contribution in [3.05, 3.63) is 205 Å². The minimum atomic E-state index is -0.108. The summed E-state index contributed by atoms with van der Waals surface area (Å²) in [6.07, 6.45) is 2.02. The molecule has 4 aromatic heterocycles. The lowest BCUT2D eigenvalue weighted by molar-refractivity contribution is 0.659. The Morgan fingerprint density at radius 1 is 0.407 bits per heavy atom. The van der Waals surface area contributed by atoms with E-state index in [1.165, 1.54) is 60.4 Å². The van der Waals surface area contributed by atoms with Crippen molar-refractivity contribution in [2.75, 3.05) is 0 Å². The molecule has 1 aliphatic rings. The van der Waals surface area contributed by atoms with Crippen LogP contribution in [0.2, 0.25) is 0 Å². The molecular weight excluding hydrogens is 717 g/mol. The van der Waals surface area contributed by atoms with Gasteiger partial charge in [-0.15, -0.1) is 0 Å². The largest absolute Gasteiger partial charge is 0.309 e. The Balaban J connectivity index is 0.945. The number of rotatable bonds is 5. The van der Waals surface area contributed by atoms with Gasteiger partial charge in [0, 0.05) is 55.5 Å². The van der Waals surface area contributed by atoms with Gasteiger partial charge in [-0.25, -0.2) is 4.98 Å². The Morgan fingerprint density at radius 2 is 1.05 bits per heavy atom. The molecule has 7 aromatic carbocycles. The molecule has 0 saturated heterocycles. The quantitative estimate of drug-likeness (QED) is 0.175. The van der Waals surface area contributed by atoms with E-state index in [0.29, 0.717) is 0 Å². The van der Waals surface area contributed by atoms with Gasteiger partial charge in [-0.05, 0) is 94.5 Å². The van der Waals surface area contributed by atoms with Crippen LogP contribution in [0.25, 0.3) is 99.9 Å². The molecule has 278 valence electrons. The van der Waals surface area contributed by atoms with Gasteiger partial charge in [0.1, 0.15) is 5.82 Å². The zero-order valence-corrected chi connectivity index (χ0v) is 32.8. The van der Waals surface area contributed by atoms with E-state index in [1.54, 1.807) is 0 Å². The van der Waals surface area contributed by atoms with Crippen molar-refractivity contribution in [1.29, 1.82) is 0 Å². The zero-order valence-electron chi connectivity index (χ0n) is 32.8. The maximum Gasteiger partial charge on any atom is 0.138 e. The van der Waals surface area contributed by atoms with E-state index in [4.69, 9.17) is 9.97 Å². The number of para-hydroxylation sites is 3. The number of fused-ring (bicyclic) bond motifs is 9. The van der Waals surface area contributed by atoms with Gasteiger partial charge in [0.2, 0.25) is 0 Å². The van der Waals surface area contributed by atoms with E-state index >= 15 is 0 Å². The van der Waals surface area contributed by atoms with E-state index in [-0.39, 0.29) is 5.41 Å². The first-order valence-corrected chi connectivity index (χ1v) is 20.3. The maximum atomic E-state index is 5.35. The SMILES string of the molecule is CC1(C)c2ccccc2-c2ncc(-c3cccc(-c4cccc(-n5c6ccccc6c6cc(-c7ccc8c9ccccc9n(-c9ccccc9)c8c7)ccc65)n4)c3)cc21. The predicted molar refractivity (Wildman–Crippen MR) is 245 cm³/mol. The summed E-state index contributed by atoms with van der Waals surface area (Å²) < 4.78 is 4.69. The number of hydrogen-bond donors (Lipinski definition) is 0.